The van der Waals surface area contributed by atoms with E-state index >= 15 is 0 Å². The van der Waals surface area contributed by atoms with Crippen molar-refractivity contribution >= 4 is 17.5 Å². The molecule has 1 aliphatic rings. The van der Waals surface area contributed by atoms with Gasteiger partial charge in [0, 0.05) is 21.7 Å². The number of carboxylic acid groups (broad SMARTS) is 2. The van der Waals surface area contributed by atoms with Crippen LogP contribution in [0.2, 0.25) is 0 Å². The molecule has 2 rings (SSSR count). The van der Waals surface area contributed by atoms with E-state index in [4.69, 9.17) is 10.2 Å². The Balaban J connectivity index is 0.00000180. The first-order valence-corrected chi connectivity index (χ1v) is 5.48. The fourth-order valence-corrected chi connectivity index (χ4v) is 1.89. The zero-order chi connectivity index (χ0) is 13.2. The summed E-state index contributed by atoms with van der Waals surface area (Å²) in [5.74, 6) is -2.68. The number of hydrogen-bond acceptors (Lipinski definition) is 2. The van der Waals surface area contributed by atoms with E-state index in [0.717, 1.165) is 11.1 Å². The number of carboxylic acids is 2. The van der Waals surface area contributed by atoms with Gasteiger partial charge in [-0.05, 0) is 17.6 Å². The molecule has 1 aromatic rings. The van der Waals surface area contributed by atoms with Gasteiger partial charge >= 0.3 is 11.9 Å². The molecule has 0 aromatic heterocycles. The predicted octanol–water partition coefficient (Wildman–Crippen LogP) is 1.36. The maximum absolute atomic E-state index is 11.1. The molecule has 1 aliphatic carbocycles. The van der Waals surface area contributed by atoms with Crippen molar-refractivity contribution in [3.05, 3.63) is 54.1 Å². The first-order valence-electron chi connectivity index (χ1n) is 5.48. The van der Waals surface area contributed by atoms with Crippen LogP contribution in [0, 0.1) is 5.41 Å². The van der Waals surface area contributed by atoms with Crippen molar-refractivity contribution in [3.8, 4) is 0 Å². The molecule has 0 bridgehead atoms. The number of hydrogen-bond donors (Lipinski definition) is 2. The molecule has 5 nitrogen and oxygen atoms in total. The molecule has 4 N–H and O–H groups in total. The summed E-state index contributed by atoms with van der Waals surface area (Å²) in [6.07, 6.45) is 4.41. The summed E-state index contributed by atoms with van der Waals surface area (Å²) in [5, 5.41) is 18.1. The molecular formula is C14H14O5Ti. The van der Waals surface area contributed by atoms with E-state index in [-0.39, 0.29) is 33.6 Å². The minimum absolute atomic E-state index is 0. The fourth-order valence-electron chi connectivity index (χ4n) is 1.89. The zero-order valence-electron chi connectivity index (χ0n) is 10.5. The van der Waals surface area contributed by atoms with Crippen LogP contribution in [0.15, 0.2) is 48.6 Å². The SMILES string of the molecule is O.O=C(O)C1(C(=O)O)C=CC(c2ccccc2)=CC1.[Ti]. The second-order valence-electron chi connectivity index (χ2n) is 4.14. The van der Waals surface area contributed by atoms with E-state index in [1.54, 1.807) is 12.2 Å². The van der Waals surface area contributed by atoms with Gasteiger partial charge in [-0.1, -0.05) is 48.6 Å². The van der Waals surface area contributed by atoms with Crippen molar-refractivity contribution in [2.75, 3.05) is 0 Å². The van der Waals surface area contributed by atoms with Gasteiger partial charge in [-0.15, -0.1) is 0 Å². The molecule has 1 aromatic carbocycles. The Bertz CT molecular complexity index is 534. The summed E-state index contributed by atoms with van der Waals surface area (Å²) in [6.45, 7) is 0. The van der Waals surface area contributed by atoms with Gasteiger partial charge in [-0.2, -0.15) is 0 Å². The molecule has 6 heteroatoms. The molecule has 0 saturated carbocycles. The van der Waals surface area contributed by atoms with Gasteiger partial charge in [0.15, 0.2) is 5.41 Å². The fraction of sp³-hybridized carbons (Fsp3) is 0.143. The smallest absolute Gasteiger partial charge is 0.325 e. The van der Waals surface area contributed by atoms with Crippen LogP contribution in [0.3, 0.4) is 0 Å². The molecule has 0 heterocycles. The third kappa shape index (κ3) is 3.25. The summed E-state index contributed by atoms with van der Waals surface area (Å²) < 4.78 is 0. The van der Waals surface area contributed by atoms with Crippen LogP contribution in [-0.2, 0) is 31.3 Å². The Morgan fingerprint density at radius 1 is 1.05 bits per heavy atom. The number of allylic oxidation sites excluding steroid dienone is 3. The van der Waals surface area contributed by atoms with Crippen LogP contribution in [0.5, 0.6) is 0 Å². The van der Waals surface area contributed by atoms with Crippen LogP contribution in [0.4, 0.5) is 0 Å². The standard InChI is InChI=1S/C14H12O4.H2O.Ti/c15-12(16)14(13(17)18)8-6-11(7-9-14)10-4-2-1-3-5-10;;/h1-8H,9H2,(H,15,16)(H,17,18);1H2;. The molecule has 0 fully saturated rings. The summed E-state index contributed by atoms with van der Waals surface area (Å²) >= 11 is 0. The summed E-state index contributed by atoms with van der Waals surface area (Å²) in [5.41, 5.74) is -0.0509. The third-order valence-corrected chi connectivity index (χ3v) is 3.06. The van der Waals surface area contributed by atoms with Crippen LogP contribution in [-0.4, -0.2) is 27.6 Å². The van der Waals surface area contributed by atoms with Gasteiger partial charge in [0.25, 0.3) is 0 Å². The van der Waals surface area contributed by atoms with Gasteiger partial charge in [-0.25, -0.2) is 0 Å². The average molecular weight is 310 g/mol. The number of rotatable bonds is 3. The number of aliphatic carboxylic acids is 2. The van der Waals surface area contributed by atoms with E-state index < -0.39 is 17.4 Å². The molecule has 0 spiro atoms. The molecule has 0 saturated heterocycles. The molecule has 0 atom stereocenters. The maximum atomic E-state index is 11.1. The molecular weight excluding hydrogens is 296 g/mol. The Hall–Kier alpha value is -1.69. The maximum Gasteiger partial charge on any atom is 0.325 e. The van der Waals surface area contributed by atoms with Gasteiger partial charge in [-0.3, -0.25) is 9.59 Å². The van der Waals surface area contributed by atoms with Crippen LogP contribution < -0.4 is 0 Å². The summed E-state index contributed by atoms with van der Waals surface area (Å²) in [6, 6.07) is 9.42. The topological polar surface area (TPSA) is 106 Å². The molecule has 104 valence electrons. The van der Waals surface area contributed by atoms with Gasteiger partial charge < -0.3 is 15.7 Å². The normalized spacial score (nSPS) is 15.3. The Labute approximate surface area is 130 Å². The van der Waals surface area contributed by atoms with E-state index in [0.29, 0.717) is 0 Å². The van der Waals surface area contributed by atoms with Gasteiger partial charge in [0.1, 0.15) is 0 Å². The summed E-state index contributed by atoms with van der Waals surface area (Å²) in [7, 11) is 0. The zero-order valence-corrected chi connectivity index (χ0v) is 12.1. The predicted molar refractivity (Wildman–Crippen MR) is 69.5 cm³/mol. The molecule has 0 radical (unpaired) electrons. The summed E-state index contributed by atoms with van der Waals surface area (Å²) in [4.78, 5) is 22.2. The minimum atomic E-state index is -1.84. The van der Waals surface area contributed by atoms with Crippen molar-refractivity contribution < 1.29 is 47.0 Å². The van der Waals surface area contributed by atoms with Crippen molar-refractivity contribution in [2.45, 2.75) is 6.42 Å². The van der Waals surface area contributed by atoms with Gasteiger partial charge in [0.2, 0.25) is 0 Å². The largest absolute Gasteiger partial charge is 0.480 e. The molecule has 0 unspecified atom stereocenters. The van der Waals surface area contributed by atoms with Crippen LogP contribution in [0.1, 0.15) is 12.0 Å². The monoisotopic (exact) mass is 310 g/mol. The van der Waals surface area contributed by atoms with E-state index in [1.807, 2.05) is 30.3 Å². The second kappa shape index (κ2) is 7.19. The van der Waals surface area contributed by atoms with Crippen molar-refractivity contribution in [1.82, 2.24) is 0 Å². The molecule has 20 heavy (non-hydrogen) atoms. The average Bonchev–Trinajstić information content (AvgIpc) is 2.39. The Kier molecular flexibility index (Phi) is 6.59. The first kappa shape index (κ1) is 18.3. The quantitative estimate of drug-likeness (QED) is 0.649. The van der Waals surface area contributed by atoms with Crippen LogP contribution >= 0.6 is 0 Å². The van der Waals surface area contributed by atoms with E-state index in [2.05, 4.69) is 0 Å². The number of carbonyl (C=O) groups is 2. The van der Waals surface area contributed by atoms with Crippen molar-refractivity contribution in [1.29, 1.82) is 0 Å². The van der Waals surface area contributed by atoms with E-state index in [1.165, 1.54) is 6.08 Å². The molecule has 0 aliphatic heterocycles. The van der Waals surface area contributed by atoms with E-state index in [9.17, 15) is 9.59 Å². The van der Waals surface area contributed by atoms with Gasteiger partial charge in [0.05, 0.1) is 0 Å². The van der Waals surface area contributed by atoms with Crippen molar-refractivity contribution in [2.24, 2.45) is 5.41 Å². The first-order chi connectivity index (χ1) is 8.56. The molecule has 0 amide bonds. The van der Waals surface area contributed by atoms with Crippen LogP contribution in [0.25, 0.3) is 5.57 Å². The second-order valence-corrected chi connectivity index (χ2v) is 4.14. The Morgan fingerprint density at radius 3 is 2.00 bits per heavy atom. The minimum Gasteiger partial charge on any atom is -0.480 e. The Morgan fingerprint density at radius 2 is 1.60 bits per heavy atom. The van der Waals surface area contributed by atoms with Crippen molar-refractivity contribution in [3.63, 3.8) is 0 Å². The third-order valence-electron chi connectivity index (χ3n) is 3.06. The number of benzene rings is 1.